The molecule has 4 nitrogen and oxygen atoms in total. The number of benzene rings is 1. The lowest BCUT2D eigenvalue weighted by Crippen LogP contribution is -2.25. The van der Waals surface area contributed by atoms with Crippen molar-refractivity contribution in [2.75, 3.05) is 24.5 Å². The molecule has 1 aromatic rings. The fourth-order valence-corrected chi connectivity index (χ4v) is 2.75. The molecule has 0 saturated carbocycles. The second-order valence-corrected chi connectivity index (χ2v) is 5.92. The molecule has 0 amide bonds. The Morgan fingerprint density at radius 2 is 2.12 bits per heavy atom. The molecule has 0 spiro atoms. The van der Waals surface area contributed by atoms with Crippen molar-refractivity contribution < 1.29 is 8.78 Å². The summed E-state index contributed by atoms with van der Waals surface area (Å²) in [5, 5.41) is 12.0. The van der Waals surface area contributed by atoms with Crippen LogP contribution < -0.4 is 10.2 Å². The summed E-state index contributed by atoms with van der Waals surface area (Å²) in [7, 11) is 0. The van der Waals surface area contributed by atoms with Crippen molar-refractivity contribution in [2.45, 2.75) is 12.8 Å². The number of anilines is 1. The largest absolute Gasteiger partial charge is 0.377 e. The highest BCUT2D eigenvalue weighted by Crippen LogP contribution is 2.22. The van der Waals surface area contributed by atoms with E-state index in [0.29, 0.717) is 17.8 Å². The first-order valence-electron chi connectivity index (χ1n) is 8.13. The third kappa shape index (κ3) is 4.54. The van der Waals surface area contributed by atoms with Crippen LogP contribution in [0.1, 0.15) is 18.4 Å². The average molecular weight is 340 g/mol. The van der Waals surface area contributed by atoms with Crippen molar-refractivity contribution in [2.24, 2.45) is 4.99 Å². The van der Waals surface area contributed by atoms with Crippen molar-refractivity contribution in [3.8, 4) is 6.07 Å². The van der Waals surface area contributed by atoms with Gasteiger partial charge in [0.1, 0.15) is 11.6 Å². The van der Waals surface area contributed by atoms with E-state index in [9.17, 15) is 8.78 Å². The molecular formula is C19H18F2N4. The molecule has 0 bridgehead atoms. The van der Waals surface area contributed by atoms with Gasteiger partial charge in [0.05, 0.1) is 42.3 Å². The number of nitrogens with zero attached hydrogens (tertiary/aromatic N) is 3. The Hall–Kier alpha value is -2.94. The number of halogens is 2. The fraction of sp³-hybridized carbons (Fsp3) is 0.263. The summed E-state index contributed by atoms with van der Waals surface area (Å²) in [5.74, 6) is -0.630. The van der Waals surface area contributed by atoms with E-state index in [0.717, 1.165) is 30.8 Å². The molecule has 3 rings (SSSR count). The van der Waals surface area contributed by atoms with Crippen molar-refractivity contribution in [1.29, 1.82) is 5.26 Å². The molecule has 2 aliphatic heterocycles. The fourth-order valence-electron chi connectivity index (χ4n) is 2.75. The number of aliphatic imine (C=N–C) groups is 1. The van der Waals surface area contributed by atoms with Crippen molar-refractivity contribution in [3.63, 3.8) is 0 Å². The van der Waals surface area contributed by atoms with Gasteiger partial charge in [-0.1, -0.05) is 6.08 Å². The molecule has 0 aliphatic carbocycles. The molecule has 1 aromatic carbocycles. The Kier molecular flexibility index (Phi) is 5.24. The molecular weight excluding hydrogens is 322 g/mol. The van der Waals surface area contributed by atoms with Gasteiger partial charge in [0.25, 0.3) is 0 Å². The zero-order valence-electron chi connectivity index (χ0n) is 13.7. The summed E-state index contributed by atoms with van der Waals surface area (Å²) in [6, 6.07) is 6.34. The topological polar surface area (TPSA) is 51.4 Å². The predicted octanol–water partition coefficient (Wildman–Crippen LogP) is 3.59. The third-order valence-electron chi connectivity index (χ3n) is 4.02. The highest BCUT2D eigenvalue weighted by atomic mass is 19.1. The minimum atomic E-state index is -0.419. The van der Waals surface area contributed by atoms with Crippen molar-refractivity contribution in [3.05, 3.63) is 65.0 Å². The average Bonchev–Trinajstić information content (AvgIpc) is 2.86. The van der Waals surface area contributed by atoms with Gasteiger partial charge in [-0.05, 0) is 43.2 Å². The maximum atomic E-state index is 13.7. The highest BCUT2D eigenvalue weighted by molar-refractivity contribution is 5.79. The van der Waals surface area contributed by atoms with E-state index in [1.165, 1.54) is 18.2 Å². The lowest BCUT2D eigenvalue weighted by molar-refractivity contribution is 0.591. The first-order valence-corrected chi connectivity index (χ1v) is 8.13. The molecule has 0 aromatic heterocycles. The molecule has 2 aliphatic rings. The monoisotopic (exact) mass is 340 g/mol. The summed E-state index contributed by atoms with van der Waals surface area (Å²) in [5.41, 5.74) is 2.59. The molecule has 6 heteroatoms. The van der Waals surface area contributed by atoms with Gasteiger partial charge in [-0.25, -0.2) is 8.78 Å². The van der Waals surface area contributed by atoms with Crippen LogP contribution in [0.4, 0.5) is 14.5 Å². The number of dihydropyridines is 1. The molecule has 0 saturated heterocycles. The van der Waals surface area contributed by atoms with Gasteiger partial charge in [-0.2, -0.15) is 5.26 Å². The van der Waals surface area contributed by atoms with Crippen LogP contribution in [0.3, 0.4) is 0 Å². The highest BCUT2D eigenvalue weighted by Gasteiger charge is 2.14. The van der Waals surface area contributed by atoms with Crippen LogP contribution in [-0.4, -0.2) is 25.8 Å². The van der Waals surface area contributed by atoms with Gasteiger partial charge in [0, 0.05) is 12.2 Å². The summed E-state index contributed by atoms with van der Waals surface area (Å²) in [6.07, 6.45) is 8.59. The smallest absolute Gasteiger partial charge is 0.126 e. The van der Waals surface area contributed by atoms with E-state index in [4.69, 9.17) is 5.26 Å². The van der Waals surface area contributed by atoms with Crippen LogP contribution in [0.2, 0.25) is 0 Å². The summed E-state index contributed by atoms with van der Waals surface area (Å²) >= 11 is 0. The zero-order chi connectivity index (χ0) is 17.6. The Morgan fingerprint density at radius 3 is 2.88 bits per heavy atom. The first-order chi connectivity index (χ1) is 12.1. The number of hydrogen-bond acceptors (Lipinski definition) is 4. The van der Waals surface area contributed by atoms with E-state index in [-0.39, 0.29) is 12.4 Å². The summed E-state index contributed by atoms with van der Waals surface area (Å²) in [4.78, 5) is 6.50. The lowest BCUT2D eigenvalue weighted by Gasteiger charge is -2.23. The number of hydrogen-bond donors (Lipinski definition) is 1. The van der Waals surface area contributed by atoms with E-state index in [2.05, 4.69) is 16.4 Å². The van der Waals surface area contributed by atoms with Gasteiger partial charge in [-0.15, -0.1) is 0 Å². The van der Waals surface area contributed by atoms with Gasteiger partial charge >= 0.3 is 0 Å². The second-order valence-electron chi connectivity index (χ2n) is 5.92. The van der Waals surface area contributed by atoms with Crippen LogP contribution in [0, 0.1) is 17.1 Å². The van der Waals surface area contributed by atoms with Gasteiger partial charge < -0.3 is 10.2 Å². The molecule has 1 N–H and O–H groups in total. The number of nitrogens with one attached hydrogen (secondary N) is 1. The molecule has 0 atom stereocenters. The van der Waals surface area contributed by atoms with Gasteiger partial charge in [0.15, 0.2) is 0 Å². The molecule has 0 unspecified atom stereocenters. The molecule has 25 heavy (non-hydrogen) atoms. The van der Waals surface area contributed by atoms with Gasteiger partial charge in [-0.3, -0.25) is 4.99 Å². The third-order valence-corrected chi connectivity index (χ3v) is 4.02. The Labute approximate surface area is 145 Å². The minimum Gasteiger partial charge on any atom is -0.377 e. The van der Waals surface area contributed by atoms with Gasteiger partial charge in [0.2, 0.25) is 0 Å². The lowest BCUT2D eigenvalue weighted by atomic mass is 10.2. The van der Waals surface area contributed by atoms with Crippen LogP contribution in [-0.2, 0) is 0 Å². The van der Waals surface area contributed by atoms with Crippen LogP contribution in [0.15, 0.2) is 58.6 Å². The molecule has 0 fully saturated rings. The Balaban J connectivity index is 1.76. The normalized spacial score (nSPS) is 18.0. The number of allylic oxidation sites excluding steroid dienone is 4. The van der Waals surface area contributed by atoms with E-state index < -0.39 is 5.82 Å². The zero-order valence-corrected chi connectivity index (χ0v) is 13.7. The van der Waals surface area contributed by atoms with Crippen LogP contribution >= 0.6 is 0 Å². The molecule has 128 valence electrons. The quantitative estimate of drug-likeness (QED) is 0.856. The standard InChI is InChI=1S/C19H18F2N4/c20-15-4-5-17(23-11-15)12-24-18-3-1-2-6-25(13-18)19-8-14(10-22)7-16(21)9-19/h3-5,7-9,12,23H,1-2,6,11,13H2. The second kappa shape index (κ2) is 7.75. The number of nitriles is 1. The SMILES string of the molecule is N#Cc1cc(F)cc(N2CCCC=C(N=CC3=CC=C(F)CN3)C2)c1. The first kappa shape index (κ1) is 16.9. The van der Waals surface area contributed by atoms with Crippen molar-refractivity contribution >= 4 is 11.9 Å². The number of rotatable bonds is 3. The van der Waals surface area contributed by atoms with Crippen LogP contribution in [0.25, 0.3) is 0 Å². The maximum Gasteiger partial charge on any atom is 0.126 e. The molecule has 2 heterocycles. The molecule has 0 radical (unpaired) electrons. The van der Waals surface area contributed by atoms with Crippen molar-refractivity contribution in [1.82, 2.24) is 5.32 Å². The summed E-state index contributed by atoms with van der Waals surface area (Å²) < 4.78 is 26.7. The maximum absolute atomic E-state index is 13.7. The Morgan fingerprint density at radius 1 is 1.24 bits per heavy atom. The van der Waals surface area contributed by atoms with Crippen LogP contribution in [0.5, 0.6) is 0 Å². The van der Waals surface area contributed by atoms with E-state index in [1.807, 2.05) is 11.0 Å². The Bertz CT molecular complexity index is 815. The summed E-state index contributed by atoms with van der Waals surface area (Å²) in [6.45, 7) is 1.46. The minimum absolute atomic E-state index is 0.170. The van der Waals surface area contributed by atoms with E-state index >= 15 is 0 Å². The predicted molar refractivity (Wildman–Crippen MR) is 94.4 cm³/mol. The van der Waals surface area contributed by atoms with E-state index in [1.54, 1.807) is 18.4 Å².